The molecule has 0 spiro atoms. The Morgan fingerprint density at radius 1 is 1.09 bits per heavy atom. The zero-order chi connectivity index (χ0) is 23.4. The van der Waals surface area contributed by atoms with Crippen LogP contribution in [-0.2, 0) is 4.74 Å². The standard InChI is InChI=1S/C20H14Cl2N4O6/c1-2-32-20(31)24-18(29)15-17(28)23-19(30)26(25-15)12-7-8-13(14(22)9-12)16(27)10-3-5-11(21)6-4-10/h3-9H,2H2,1H3,(H,23,28,30)(H,24,29,31). The Balaban J connectivity index is 1.97. The van der Waals surface area contributed by atoms with Crippen LogP contribution >= 0.6 is 23.2 Å². The molecule has 3 aromatic rings. The van der Waals surface area contributed by atoms with Gasteiger partial charge < -0.3 is 4.74 Å². The van der Waals surface area contributed by atoms with Gasteiger partial charge in [0.05, 0.1) is 17.3 Å². The van der Waals surface area contributed by atoms with Gasteiger partial charge in [-0.25, -0.2) is 9.59 Å². The third-order valence-electron chi connectivity index (χ3n) is 4.08. The first-order chi connectivity index (χ1) is 15.2. The number of halogens is 2. The molecule has 0 saturated carbocycles. The maximum absolute atomic E-state index is 12.7. The Kier molecular flexibility index (Phi) is 6.86. The Morgan fingerprint density at radius 2 is 1.78 bits per heavy atom. The molecule has 1 heterocycles. The van der Waals surface area contributed by atoms with E-state index in [2.05, 4.69) is 9.84 Å². The molecular weight excluding hydrogens is 463 g/mol. The highest BCUT2D eigenvalue weighted by Crippen LogP contribution is 2.23. The second kappa shape index (κ2) is 9.58. The number of carbonyl (C=O) groups is 3. The highest BCUT2D eigenvalue weighted by atomic mass is 35.5. The topological polar surface area (TPSA) is 140 Å². The summed E-state index contributed by atoms with van der Waals surface area (Å²) in [6.07, 6.45) is -1.08. The molecule has 0 aliphatic heterocycles. The summed E-state index contributed by atoms with van der Waals surface area (Å²) in [5.74, 6) is -1.55. The molecule has 1 aromatic heterocycles. The van der Waals surface area contributed by atoms with E-state index in [0.717, 1.165) is 0 Å². The van der Waals surface area contributed by atoms with Crippen molar-refractivity contribution in [1.29, 1.82) is 0 Å². The van der Waals surface area contributed by atoms with Crippen molar-refractivity contribution < 1.29 is 19.1 Å². The van der Waals surface area contributed by atoms with Crippen LogP contribution in [0, 0.1) is 0 Å². The second-order valence-electron chi connectivity index (χ2n) is 6.19. The lowest BCUT2D eigenvalue weighted by Crippen LogP contribution is -2.41. The first kappa shape index (κ1) is 22.9. The Hall–Kier alpha value is -3.76. The number of nitrogens with zero attached hydrogens (tertiary/aromatic N) is 2. The molecule has 0 radical (unpaired) electrons. The second-order valence-corrected chi connectivity index (χ2v) is 7.04. The number of hydrogen-bond donors (Lipinski definition) is 2. The smallest absolute Gasteiger partial charge is 0.414 e. The minimum absolute atomic E-state index is 0.000116. The van der Waals surface area contributed by atoms with Crippen molar-refractivity contribution in [2.24, 2.45) is 0 Å². The van der Waals surface area contributed by atoms with Crippen LogP contribution in [0.2, 0.25) is 10.0 Å². The van der Waals surface area contributed by atoms with Gasteiger partial charge in [-0.05, 0) is 49.4 Å². The third-order valence-corrected chi connectivity index (χ3v) is 4.65. The molecule has 2 N–H and O–H groups in total. The number of rotatable bonds is 5. The quantitative estimate of drug-likeness (QED) is 0.538. The molecule has 2 aromatic carbocycles. The molecular formula is C20H14Cl2N4O6. The molecule has 3 rings (SSSR count). The summed E-state index contributed by atoms with van der Waals surface area (Å²) in [4.78, 5) is 62.4. The predicted octanol–water partition coefficient (Wildman–Crippen LogP) is 2.34. The molecule has 0 atom stereocenters. The van der Waals surface area contributed by atoms with Gasteiger partial charge in [0, 0.05) is 16.1 Å². The number of amides is 2. The van der Waals surface area contributed by atoms with Crippen LogP contribution in [-0.4, -0.2) is 39.2 Å². The number of benzene rings is 2. The Labute approximate surface area is 189 Å². The van der Waals surface area contributed by atoms with E-state index in [9.17, 15) is 24.0 Å². The number of H-pyrrole nitrogens is 1. The number of aromatic nitrogens is 3. The Morgan fingerprint density at radius 3 is 2.41 bits per heavy atom. The number of alkyl carbamates (subject to hydrolysis) is 1. The summed E-state index contributed by atoms with van der Waals surface area (Å²) < 4.78 is 5.27. The van der Waals surface area contributed by atoms with E-state index in [1.165, 1.54) is 37.3 Å². The van der Waals surface area contributed by atoms with E-state index in [-0.39, 0.29) is 28.7 Å². The molecule has 10 nitrogen and oxygen atoms in total. The first-order valence-electron chi connectivity index (χ1n) is 9.03. The van der Waals surface area contributed by atoms with Gasteiger partial charge in [-0.1, -0.05) is 23.2 Å². The number of carbonyl (C=O) groups excluding carboxylic acids is 3. The first-order valence-corrected chi connectivity index (χ1v) is 9.78. The van der Waals surface area contributed by atoms with Crippen molar-refractivity contribution in [2.75, 3.05) is 6.61 Å². The number of aromatic amines is 1. The summed E-state index contributed by atoms with van der Waals surface area (Å²) >= 11 is 12.1. The molecule has 2 amide bonds. The summed E-state index contributed by atoms with van der Waals surface area (Å²) in [7, 11) is 0. The fourth-order valence-electron chi connectivity index (χ4n) is 2.62. The van der Waals surface area contributed by atoms with Gasteiger partial charge in [-0.2, -0.15) is 9.78 Å². The van der Waals surface area contributed by atoms with E-state index in [0.29, 0.717) is 15.3 Å². The zero-order valence-electron chi connectivity index (χ0n) is 16.3. The Bertz CT molecular complexity index is 1330. The zero-order valence-corrected chi connectivity index (χ0v) is 17.9. The lowest BCUT2D eigenvalue weighted by Gasteiger charge is -2.09. The fraction of sp³-hybridized carbons (Fsp3) is 0.100. The highest BCUT2D eigenvalue weighted by molar-refractivity contribution is 6.35. The van der Waals surface area contributed by atoms with Crippen molar-refractivity contribution in [3.05, 3.63) is 90.2 Å². The van der Waals surface area contributed by atoms with Gasteiger partial charge in [0.2, 0.25) is 5.69 Å². The van der Waals surface area contributed by atoms with Gasteiger partial charge in [0.25, 0.3) is 11.5 Å². The average molecular weight is 477 g/mol. The number of nitrogens with one attached hydrogen (secondary N) is 2. The number of hydrogen-bond acceptors (Lipinski definition) is 7. The minimum Gasteiger partial charge on any atom is -0.450 e. The molecule has 0 bridgehead atoms. The van der Waals surface area contributed by atoms with Crippen LogP contribution in [0.1, 0.15) is 33.3 Å². The summed E-state index contributed by atoms with van der Waals surface area (Å²) in [5, 5.41) is 6.00. The van der Waals surface area contributed by atoms with Gasteiger partial charge in [-0.3, -0.25) is 24.7 Å². The van der Waals surface area contributed by atoms with Gasteiger partial charge in [-0.15, -0.1) is 0 Å². The van der Waals surface area contributed by atoms with Crippen LogP contribution in [0.15, 0.2) is 52.1 Å². The van der Waals surface area contributed by atoms with Crippen LogP contribution < -0.4 is 16.6 Å². The summed E-state index contributed by atoms with van der Waals surface area (Å²) in [6, 6.07) is 10.2. The number of ether oxygens (including phenoxy) is 1. The maximum Gasteiger partial charge on any atom is 0.414 e. The minimum atomic E-state index is -1.17. The average Bonchev–Trinajstić information content (AvgIpc) is 2.74. The van der Waals surface area contributed by atoms with Crippen molar-refractivity contribution >= 4 is 41.0 Å². The monoisotopic (exact) mass is 476 g/mol. The van der Waals surface area contributed by atoms with E-state index >= 15 is 0 Å². The summed E-state index contributed by atoms with van der Waals surface area (Å²) in [5.41, 5.74) is -2.26. The van der Waals surface area contributed by atoms with Gasteiger partial charge >= 0.3 is 11.8 Å². The molecule has 0 unspecified atom stereocenters. The van der Waals surface area contributed by atoms with Crippen LogP contribution in [0.25, 0.3) is 5.69 Å². The number of ketones is 1. The fourth-order valence-corrected chi connectivity index (χ4v) is 3.01. The van der Waals surface area contributed by atoms with Crippen molar-refractivity contribution in [1.82, 2.24) is 20.1 Å². The lowest BCUT2D eigenvalue weighted by molar-refractivity contribution is 0.0915. The van der Waals surface area contributed by atoms with Gasteiger partial charge in [0.1, 0.15) is 0 Å². The highest BCUT2D eigenvalue weighted by Gasteiger charge is 2.20. The molecule has 164 valence electrons. The SMILES string of the molecule is CCOC(=O)NC(=O)c1nn(-c2ccc(C(=O)c3ccc(Cl)cc3)c(Cl)c2)c(=O)[nH]c1=O. The van der Waals surface area contributed by atoms with Crippen LogP contribution in [0.5, 0.6) is 0 Å². The van der Waals surface area contributed by atoms with E-state index in [1.807, 2.05) is 10.3 Å². The molecule has 0 fully saturated rings. The largest absolute Gasteiger partial charge is 0.450 e. The lowest BCUT2D eigenvalue weighted by atomic mass is 10.0. The molecule has 0 saturated heterocycles. The van der Waals surface area contributed by atoms with Crippen molar-refractivity contribution in [3.63, 3.8) is 0 Å². The molecule has 12 heteroatoms. The molecule has 32 heavy (non-hydrogen) atoms. The van der Waals surface area contributed by atoms with Crippen LogP contribution in [0.3, 0.4) is 0 Å². The van der Waals surface area contributed by atoms with E-state index in [1.54, 1.807) is 12.1 Å². The summed E-state index contributed by atoms with van der Waals surface area (Å²) in [6.45, 7) is 1.53. The van der Waals surface area contributed by atoms with Crippen LogP contribution in [0.4, 0.5) is 4.79 Å². The van der Waals surface area contributed by atoms with Crippen molar-refractivity contribution in [2.45, 2.75) is 6.92 Å². The normalized spacial score (nSPS) is 10.5. The number of imide groups is 1. The predicted molar refractivity (Wildman–Crippen MR) is 115 cm³/mol. The molecule has 0 aliphatic rings. The molecule has 0 aliphatic carbocycles. The van der Waals surface area contributed by atoms with Gasteiger partial charge in [0.15, 0.2) is 5.78 Å². The maximum atomic E-state index is 12.7. The third kappa shape index (κ3) is 4.93. The van der Waals surface area contributed by atoms with E-state index < -0.39 is 28.9 Å². The van der Waals surface area contributed by atoms with Crippen molar-refractivity contribution in [3.8, 4) is 5.69 Å². The van der Waals surface area contributed by atoms with E-state index in [4.69, 9.17) is 23.2 Å².